The van der Waals surface area contributed by atoms with Crippen LogP contribution in [-0.2, 0) is 80.6 Å². The van der Waals surface area contributed by atoms with E-state index in [1.807, 2.05) is 0 Å². The van der Waals surface area contributed by atoms with Crippen molar-refractivity contribution in [3.63, 3.8) is 0 Å². The van der Waals surface area contributed by atoms with E-state index in [-0.39, 0.29) is 194 Å². The van der Waals surface area contributed by atoms with Crippen LogP contribution >= 0.6 is 0 Å². The lowest BCUT2D eigenvalue weighted by molar-refractivity contribution is -0.292. The Morgan fingerprint density at radius 3 is 1.39 bits per heavy atom. The van der Waals surface area contributed by atoms with Crippen molar-refractivity contribution < 1.29 is 80.6 Å². The molecule has 0 aromatic heterocycles. The molecule has 23 bridgehead atoms. The van der Waals surface area contributed by atoms with Gasteiger partial charge in [0.05, 0.1) is 110 Å². The molecule has 102 heavy (non-hydrogen) atoms. The maximum atomic E-state index is 14.1. The van der Waals surface area contributed by atoms with Gasteiger partial charge < -0.3 is 71.1 Å². The van der Waals surface area contributed by atoms with Crippen LogP contribution in [-0.4, -0.2) is 182 Å². The van der Waals surface area contributed by atoms with Gasteiger partial charge in [0.1, 0.15) is 60.4 Å². The average Bonchev–Trinajstić information content (AvgIpc) is 1.56. The van der Waals surface area contributed by atoms with Crippen molar-refractivity contribution in [1.29, 1.82) is 0 Å². The number of hydrogen-bond donors (Lipinski definition) is 0. The first-order valence-electron chi connectivity index (χ1n) is 41.4. The third kappa shape index (κ3) is 14.6. The standard InChI is InChI=1S/C43H64O8.C42H62O9/c1-8-23(2)17-35-27(6)32-20-29(44)11-9-10-12-34-28(7)39-41-42(48-34)40-38(49-41)22-43(50-39,51-40)16-15-31-19-25(4)33(45-31)14-13-30-18-24(3)26(5)36(46-30)21-37(32)47-35;1-7-21(2)14-33-25(6)30-18-26(43)17-28-9-11-32-37(46-28)41-40-39(48-32)38-36(49-40)20-42(50-38,51-41)13-12-29-16-23(4)31(44-29)10-8-27-15-22(3)24(5)34(45-27)19-35(30)47-33/h9-10,23-24,27-28,30-42H,4-5,8,11-22H2,1-3,6-7H3;21-22,25,27-41H,4-5,7-20H2,1-3,6H3/b10-9+;/t23-,24-,27-,28?,30?,31?,32-,33+,34+,35-,36-,37?,38-,39+,40+,41+,42+,43-;21-,22-,25-,27?,28?,29?,30-,31+,32+,33-,34-,35?,36-,37+,38+,39+,40-,41+,42+/m11/s1. The summed E-state index contributed by atoms with van der Waals surface area (Å²) in [5.74, 6) is 2.08. The monoisotopic (exact) mass is 1420 g/mol. The lowest BCUT2D eigenvalue weighted by atomic mass is 9.78. The number of hydrogen-bond acceptors (Lipinski definition) is 17. The van der Waals surface area contributed by atoms with Crippen LogP contribution in [0.25, 0.3) is 0 Å². The summed E-state index contributed by atoms with van der Waals surface area (Å²) < 4.78 is 102. The van der Waals surface area contributed by atoms with E-state index in [4.69, 9.17) is 71.1 Å². The van der Waals surface area contributed by atoms with E-state index >= 15 is 0 Å². The molecule has 0 aromatic carbocycles. The molecule has 0 amide bonds. The minimum absolute atomic E-state index is 0.00300. The van der Waals surface area contributed by atoms with Crippen LogP contribution < -0.4 is 0 Å². The summed E-state index contributed by atoms with van der Waals surface area (Å²) in [6.07, 6.45) is 25.2. The van der Waals surface area contributed by atoms with Gasteiger partial charge in [-0.2, -0.15) is 0 Å². The second-order valence-electron chi connectivity index (χ2n) is 36.2. The van der Waals surface area contributed by atoms with E-state index in [1.54, 1.807) is 0 Å². The Kier molecular flexibility index (Phi) is 21.7. The molecule has 19 rings (SSSR count). The highest BCUT2D eigenvalue weighted by Gasteiger charge is 2.70. The van der Waals surface area contributed by atoms with Gasteiger partial charge in [-0.3, -0.25) is 9.59 Å². The van der Waals surface area contributed by atoms with Crippen molar-refractivity contribution in [2.75, 3.05) is 0 Å². The van der Waals surface area contributed by atoms with E-state index < -0.39 is 11.6 Å². The summed E-state index contributed by atoms with van der Waals surface area (Å²) in [6.45, 7) is 38.5. The minimum atomic E-state index is -0.740. The molecule has 37 atom stereocenters. The Balaban J connectivity index is 0.000000158. The predicted octanol–water partition coefficient (Wildman–Crippen LogP) is 14.6. The molecule has 568 valence electrons. The van der Waals surface area contributed by atoms with Crippen LogP contribution in [0.15, 0.2) is 60.8 Å². The number of allylic oxidation sites excluding steroid dienone is 1. The third-order valence-corrected chi connectivity index (χ3v) is 29.2. The normalized spacial score (nSPS) is 52.3. The molecule has 18 fully saturated rings. The van der Waals surface area contributed by atoms with Crippen LogP contribution in [0.1, 0.15) is 236 Å². The van der Waals surface area contributed by atoms with Crippen molar-refractivity contribution in [2.45, 2.75) is 406 Å². The molecule has 2 spiro atoms. The van der Waals surface area contributed by atoms with E-state index in [1.165, 1.54) is 16.7 Å². The van der Waals surface area contributed by atoms with Crippen LogP contribution in [0, 0.1) is 53.3 Å². The van der Waals surface area contributed by atoms with Gasteiger partial charge in [-0.15, -0.1) is 0 Å². The van der Waals surface area contributed by atoms with E-state index in [0.29, 0.717) is 61.7 Å². The van der Waals surface area contributed by atoms with Crippen molar-refractivity contribution >= 4 is 11.6 Å². The fourth-order valence-corrected chi connectivity index (χ4v) is 22.4. The SMILES string of the molecule is C=C1CC2CC[C@@]34C[C@H]5O[C@@H]6[C@@H](O[C@@H](C/C=C/CC(=O)C[C@H]7C(C[C@H]8OC(CC[C@@H]1O2)C[C@@H](C)C8=C)O[C@H](C[C@H](C)CC)[C@@H]7C)C(C)[C@@H]6O3)[C@H]5O4.C=C1CC2CC[C@@]34C[C@H]5O[C@H]6[C@@H](O3)[C@H]3OC(CC[C@@H]3O[C@H]6[C@H]5O4)CC(=O)C[C@H]3C(C[C@H]4OC(CC[C@@H]1O2)C[C@@H](C)C4=C)O[C@H](C[C@H](C)CC)[C@@H]3C. The smallest absolute Gasteiger partial charge is 0.172 e. The zero-order chi connectivity index (χ0) is 70.8. The zero-order valence-corrected chi connectivity index (χ0v) is 63.2. The number of Topliss-reactive ketones (excluding diaryl/α,β-unsaturated/α-hetero) is 2. The first kappa shape index (κ1) is 73.6. The van der Waals surface area contributed by atoms with Crippen molar-refractivity contribution in [2.24, 2.45) is 53.3 Å². The topological polar surface area (TPSA) is 173 Å². The molecular weight excluding hydrogens is 1290 g/mol. The zero-order valence-electron chi connectivity index (χ0n) is 63.2. The number of ketones is 2. The fraction of sp³-hybridized carbons (Fsp3) is 0.859. The largest absolute Gasteiger partial charge is 0.374 e. The quantitative estimate of drug-likeness (QED) is 0.230. The molecule has 19 aliphatic heterocycles. The molecule has 0 radical (unpaired) electrons. The predicted molar refractivity (Wildman–Crippen MR) is 383 cm³/mol. The molecule has 0 N–H and O–H groups in total. The van der Waals surface area contributed by atoms with Crippen molar-refractivity contribution in [1.82, 2.24) is 0 Å². The summed E-state index contributed by atoms with van der Waals surface area (Å²) in [5.41, 5.74) is 4.70. The summed E-state index contributed by atoms with van der Waals surface area (Å²) >= 11 is 0. The number of ether oxygens (including phenoxy) is 15. The molecule has 17 heteroatoms. The van der Waals surface area contributed by atoms with Crippen LogP contribution in [0.2, 0.25) is 0 Å². The molecule has 17 nitrogen and oxygen atoms in total. The summed E-state index contributed by atoms with van der Waals surface area (Å²) in [5, 5.41) is 0. The molecule has 0 aromatic rings. The van der Waals surface area contributed by atoms with Crippen LogP contribution in [0.5, 0.6) is 0 Å². The summed E-state index contributed by atoms with van der Waals surface area (Å²) in [7, 11) is 0. The van der Waals surface area contributed by atoms with Gasteiger partial charge in [0, 0.05) is 70.1 Å². The molecule has 0 aliphatic carbocycles. The van der Waals surface area contributed by atoms with Crippen LogP contribution in [0.4, 0.5) is 0 Å². The third-order valence-electron chi connectivity index (χ3n) is 29.2. The lowest BCUT2D eigenvalue weighted by Gasteiger charge is -2.47. The second kappa shape index (κ2) is 30.0. The van der Waals surface area contributed by atoms with E-state index in [2.05, 4.69) is 101 Å². The molecule has 19 heterocycles. The fourth-order valence-electron chi connectivity index (χ4n) is 22.4. The highest BCUT2D eigenvalue weighted by Crippen LogP contribution is 2.57. The first-order chi connectivity index (χ1) is 49.1. The second-order valence-corrected chi connectivity index (χ2v) is 36.2. The molecular formula is C85H126O17. The van der Waals surface area contributed by atoms with Gasteiger partial charge in [-0.1, -0.05) is 114 Å². The average molecular weight is 1420 g/mol. The van der Waals surface area contributed by atoms with E-state index in [9.17, 15) is 9.59 Å². The maximum absolute atomic E-state index is 14.1. The van der Waals surface area contributed by atoms with Crippen LogP contribution in [0.3, 0.4) is 0 Å². The van der Waals surface area contributed by atoms with E-state index in [0.717, 1.165) is 147 Å². The Morgan fingerprint density at radius 2 is 0.853 bits per heavy atom. The molecule has 18 saturated heterocycles. The lowest BCUT2D eigenvalue weighted by Crippen LogP contribution is -2.61. The van der Waals surface area contributed by atoms with Gasteiger partial charge >= 0.3 is 0 Å². The van der Waals surface area contributed by atoms with Gasteiger partial charge in [0.2, 0.25) is 0 Å². The molecule has 19 aliphatic rings. The molecule has 0 saturated carbocycles. The van der Waals surface area contributed by atoms with Gasteiger partial charge in [0.15, 0.2) is 11.6 Å². The first-order valence-corrected chi connectivity index (χ1v) is 41.4. The van der Waals surface area contributed by atoms with Gasteiger partial charge in [0.25, 0.3) is 0 Å². The minimum Gasteiger partial charge on any atom is -0.374 e. The van der Waals surface area contributed by atoms with Crippen molar-refractivity contribution in [3.8, 4) is 0 Å². The highest BCUT2D eigenvalue weighted by molar-refractivity contribution is 5.80. The Morgan fingerprint density at radius 1 is 0.402 bits per heavy atom. The number of fused-ring (bicyclic) bond motifs is 12. The number of carbonyl (C=O) groups excluding carboxylic acids is 2. The Hall–Kier alpha value is -2.56. The van der Waals surface area contributed by atoms with Crippen molar-refractivity contribution in [3.05, 3.63) is 60.8 Å². The Bertz CT molecular complexity index is 3100. The summed E-state index contributed by atoms with van der Waals surface area (Å²) in [6, 6.07) is 0. The van der Waals surface area contributed by atoms with Gasteiger partial charge in [-0.05, 0) is 166 Å². The maximum Gasteiger partial charge on any atom is 0.172 e. The Labute approximate surface area is 609 Å². The number of carbonyl (C=O) groups is 2. The highest BCUT2D eigenvalue weighted by atomic mass is 16.8. The number of rotatable bonds is 6. The summed E-state index contributed by atoms with van der Waals surface area (Å²) in [4.78, 5) is 27.7. The molecule has 8 unspecified atom stereocenters. The van der Waals surface area contributed by atoms with Gasteiger partial charge in [-0.25, -0.2) is 0 Å².